The van der Waals surface area contributed by atoms with Gasteiger partial charge in [-0.1, -0.05) is 54.3 Å². The van der Waals surface area contributed by atoms with Crippen LogP contribution in [-0.2, 0) is 4.79 Å². The Morgan fingerprint density at radius 3 is 2.61 bits per heavy atom. The molecule has 116 valence electrons. The molecule has 0 saturated carbocycles. The Morgan fingerprint density at radius 2 is 1.87 bits per heavy atom. The van der Waals surface area contributed by atoms with Gasteiger partial charge in [0.2, 0.25) is 0 Å². The molecule has 5 heteroatoms. The van der Waals surface area contributed by atoms with Crippen LogP contribution < -0.4 is 4.90 Å². The highest BCUT2D eigenvalue weighted by Gasteiger charge is 2.34. The average Bonchev–Trinajstić information content (AvgIpc) is 2.79. The van der Waals surface area contributed by atoms with Gasteiger partial charge in [0, 0.05) is 5.56 Å². The molecule has 1 amide bonds. The Labute approximate surface area is 144 Å². The lowest BCUT2D eigenvalue weighted by atomic mass is 10.1. The van der Waals surface area contributed by atoms with E-state index in [0.29, 0.717) is 14.8 Å². The molecule has 0 unspecified atom stereocenters. The zero-order chi connectivity index (χ0) is 16.6. The Morgan fingerprint density at radius 1 is 1.13 bits per heavy atom. The van der Waals surface area contributed by atoms with E-state index >= 15 is 0 Å². The molecule has 0 N–H and O–H groups in total. The highest BCUT2D eigenvalue weighted by molar-refractivity contribution is 8.27. The summed E-state index contributed by atoms with van der Waals surface area (Å²) < 4.78 is 14.3. The predicted molar refractivity (Wildman–Crippen MR) is 98.0 cm³/mol. The Hall–Kier alpha value is -1.98. The molecule has 1 heterocycles. The smallest absolute Gasteiger partial charge is 0.268 e. The van der Waals surface area contributed by atoms with Crippen LogP contribution in [-0.4, -0.2) is 10.2 Å². The van der Waals surface area contributed by atoms with Crippen molar-refractivity contribution >= 4 is 46.0 Å². The Kier molecular flexibility index (Phi) is 4.33. The standard InChI is InChI=1S/C18H14FNOS2/c1-11-6-5-9-15(12(11)2)20-17(21)16(23-18(20)22)10-13-7-3-4-8-14(13)19/h3-10H,1-2H3. The van der Waals surface area contributed by atoms with Crippen LogP contribution in [0.4, 0.5) is 10.1 Å². The second-order valence-electron chi connectivity index (χ2n) is 5.26. The second-order valence-corrected chi connectivity index (χ2v) is 6.93. The molecular formula is C18H14FNOS2. The number of anilines is 1. The van der Waals surface area contributed by atoms with E-state index in [1.54, 1.807) is 24.3 Å². The summed E-state index contributed by atoms with van der Waals surface area (Å²) in [6.45, 7) is 3.95. The molecule has 0 bridgehead atoms. The minimum Gasteiger partial charge on any atom is -0.268 e. The fourth-order valence-electron chi connectivity index (χ4n) is 2.39. The fraction of sp³-hybridized carbons (Fsp3) is 0.111. The van der Waals surface area contributed by atoms with Gasteiger partial charge in [-0.2, -0.15) is 0 Å². The summed E-state index contributed by atoms with van der Waals surface area (Å²) >= 11 is 6.56. The van der Waals surface area contributed by atoms with Gasteiger partial charge in [-0.25, -0.2) is 4.39 Å². The number of halogens is 1. The summed E-state index contributed by atoms with van der Waals surface area (Å²) in [4.78, 5) is 14.7. The van der Waals surface area contributed by atoms with Gasteiger partial charge in [-0.05, 0) is 43.2 Å². The molecule has 2 aromatic rings. The number of hydrogen-bond acceptors (Lipinski definition) is 3. The van der Waals surface area contributed by atoms with E-state index in [-0.39, 0.29) is 11.7 Å². The Bertz CT molecular complexity index is 845. The van der Waals surface area contributed by atoms with Gasteiger partial charge in [-0.15, -0.1) is 0 Å². The molecule has 0 aromatic heterocycles. The molecule has 0 radical (unpaired) electrons. The summed E-state index contributed by atoms with van der Waals surface area (Å²) in [6, 6.07) is 12.1. The van der Waals surface area contributed by atoms with Crippen LogP contribution in [0.1, 0.15) is 16.7 Å². The van der Waals surface area contributed by atoms with E-state index in [4.69, 9.17) is 12.2 Å². The van der Waals surface area contributed by atoms with Crippen LogP contribution in [0, 0.1) is 19.7 Å². The van der Waals surface area contributed by atoms with Crippen LogP contribution in [0.2, 0.25) is 0 Å². The number of thioether (sulfide) groups is 1. The molecule has 23 heavy (non-hydrogen) atoms. The summed E-state index contributed by atoms with van der Waals surface area (Å²) in [5.74, 6) is -0.568. The zero-order valence-electron chi connectivity index (χ0n) is 12.7. The lowest BCUT2D eigenvalue weighted by Gasteiger charge is -2.18. The number of benzene rings is 2. The van der Waals surface area contributed by atoms with Crippen molar-refractivity contribution in [3.8, 4) is 0 Å². The maximum atomic E-state index is 13.8. The first kappa shape index (κ1) is 15.9. The normalized spacial score (nSPS) is 16.5. The number of hydrogen-bond donors (Lipinski definition) is 0. The van der Waals surface area contributed by atoms with Gasteiger partial charge in [-0.3, -0.25) is 9.69 Å². The highest BCUT2D eigenvalue weighted by atomic mass is 32.2. The van der Waals surface area contributed by atoms with Crippen LogP contribution in [0.25, 0.3) is 6.08 Å². The molecule has 2 nitrogen and oxygen atoms in total. The third-order valence-electron chi connectivity index (χ3n) is 3.80. The highest BCUT2D eigenvalue weighted by Crippen LogP contribution is 2.37. The molecule has 1 aliphatic rings. The number of rotatable bonds is 2. The molecular weight excluding hydrogens is 329 g/mol. The molecule has 2 aromatic carbocycles. The molecule has 0 aliphatic carbocycles. The lowest BCUT2D eigenvalue weighted by molar-refractivity contribution is -0.113. The predicted octanol–water partition coefficient (Wildman–Crippen LogP) is 4.85. The largest absolute Gasteiger partial charge is 0.270 e. The van der Waals surface area contributed by atoms with E-state index in [0.717, 1.165) is 16.8 Å². The van der Waals surface area contributed by atoms with E-state index in [2.05, 4.69) is 0 Å². The first-order valence-electron chi connectivity index (χ1n) is 7.08. The summed E-state index contributed by atoms with van der Waals surface area (Å²) in [6.07, 6.45) is 1.56. The van der Waals surface area contributed by atoms with Crippen molar-refractivity contribution in [2.75, 3.05) is 4.90 Å². The van der Waals surface area contributed by atoms with Crippen molar-refractivity contribution in [2.45, 2.75) is 13.8 Å². The van der Waals surface area contributed by atoms with Gasteiger partial charge >= 0.3 is 0 Å². The third kappa shape index (κ3) is 2.94. The minimum atomic E-state index is -0.357. The molecule has 1 aliphatic heterocycles. The van der Waals surface area contributed by atoms with Crippen molar-refractivity contribution < 1.29 is 9.18 Å². The number of amides is 1. The van der Waals surface area contributed by atoms with Crippen LogP contribution >= 0.6 is 24.0 Å². The van der Waals surface area contributed by atoms with Crippen molar-refractivity contribution in [1.29, 1.82) is 0 Å². The number of thiocarbonyl (C=S) groups is 1. The molecule has 1 saturated heterocycles. The van der Waals surface area contributed by atoms with Gasteiger partial charge in [0.15, 0.2) is 4.32 Å². The summed E-state index contributed by atoms with van der Waals surface area (Å²) in [5.41, 5.74) is 3.27. The van der Waals surface area contributed by atoms with E-state index < -0.39 is 0 Å². The maximum Gasteiger partial charge on any atom is 0.270 e. The SMILES string of the molecule is Cc1cccc(N2C(=O)C(=Cc3ccccc3F)SC2=S)c1C. The van der Waals surface area contributed by atoms with Crippen LogP contribution in [0.15, 0.2) is 47.4 Å². The van der Waals surface area contributed by atoms with Gasteiger partial charge in [0.1, 0.15) is 5.82 Å². The molecule has 0 spiro atoms. The van der Waals surface area contributed by atoms with Crippen LogP contribution in [0.5, 0.6) is 0 Å². The third-order valence-corrected chi connectivity index (χ3v) is 5.10. The zero-order valence-corrected chi connectivity index (χ0v) is 14.3. The fourth-order valence-corrected chi connectivity index (χ4v) is 3.66. The maximum absolute atomic E-state index is 13.8. The topological polar surface area (TPSA) is 20.3 Å². The number of nitrogens with zero attached hydrogens (tertiary/aromatic N) is 1. The number of aryl methyl sites for hydroxylation is 1. The van der Waals surface area contributed by atoms with E-state index in [9.17, 15) is 9.18 Å². The van der Waals surface area contributed by atoms with Crippen molar-refractivity contribution in [3.63, 3.8) is 0 Å². The van der Waals surface area contributed by atoms with Crippen molar-refractivity contribution in [1.82, 2.24) is 0 Å². The molecule has 3 rings (SSSR count). The first-order chi connectivity index (χ1) is 11.0. The molecule has 1 fully saturated rings. The summed E-state index contributed by atoms with van der Waals surface area (Å²) in [5, 5.41) is 0. The van der Waals surface area contributed by atoms with Crippen molar-refractivity contribution in [2.24, 2.45) is 0 Å². The average molecular weight is 343 g/mol. The Balaban J connectivity index is 2.01. The quantitative estimate of drug-likeness (QED) is 0.574. The first-order valence-corrected chi connectivity index (χ1v) is 8.30. The van der Waals surface area contributed by atoms with Crippen LogP contribution in [0.3, 0.4) is 0 Å². The number of carbonyl (C=O) groups is 1. The minimum absolute atomic E-state index is 0.211. The van der Waals surface area contributed by atoms with Gasteiger partial charge < -0.3 is 0 Å². The van der Waals surface area contributed by atoms with Crippen molar-refractivity contribution in [3.05, 3.63) is 69.9 Å². The summed E-state index contributed by atoms with van der Waals surface area (Å²) in [7, 11) is 0. The lowest BCUT2D eigenvalue weighted by Crippen LogP contribution is -2.28. The monoisotopic (exact) mass is 343 g/mol. The van der Waals surface area contributed by atoms with Gasteiger partial charge in [0.25, 0.3) is 5.91 Å². The second kappa shape index (κ2) is 6.26. The van der Waals surface area contributed by atoms with E-state index in [1.807, 2.05) is 32.0 Å². The number of carbonyl (C=O) groups excluding carboxylic acids is 1. The van der Waals surface area contributed by atoms with E-state index in [1.165, 1.54) is 22.7 Å². The molecule has 0 atom stereocenters. The van der Waals surface area contributed by atoms with Gasteiger partial charge in [0.05, 0.1) is 10.6 Å².